The molecule has 0 fully saturated rings. The summed E-state index contributed by atoms with van der Waals surface area (Å²) in [5, 5.41) is 1.21. The van der Waals surface area contributed by atoms with Crippen LogP contribution in [0.25, 0.3) is 0 Å². The molecule has 0 saturated heterocycles. The standard InChI is InChI=1S/C4H10ClNSi/c1-6(2)4(7)3-5/h3H,1-2,7H3. The van der Waals surface area contributed by atoms with Crippen molar-refractivity contribution >= 4 is 21.8 Å². The zero-order valence-electron chi connectivity index (χ0n) is 4.90. The second-order valence-electron chi connectivity index (χ2n) is 1.64. The van der Waals surface area contributed by atoms with E-state index in [2.05, 4.69) is 0 Å². The van der Waals surface area contributed by atoms with Crippen LogP contribution in [0.3, 0.4) is 0 Å². The lowest BCUT2D eigenvalue weighted by Gasteiger charge is -2.09. The molecule has 0 aliphatic carbocycles. The van der Waals surface area contributed by atoms with Gasteiger partial charge in [0.25, 0.3) is 0 Å². The highest BCUT2D eigenvalue weighted by molar-refractivity contribution is 6.32. The molecule has 0 heterocycles. The van der Waals surface area contributed by atoms with Crippen LogP contribution in [0.2, 0.25) is 0 Å². The first kappa shape index (κ1) is 7.05. The Labute approximate surface area is 52.4 Å². The average Bonchev–Trinajstić information content (AvgIpc) is 1.65. The fourth-order valence-corrected chi connectivity index (χ4v) is 0.293. The van der Waals surface area contributed by atoms with Crippen molar-refractivity contribution in [2.45, 2.75) is 0 Å². The van der Waals surface area contributed by atoms with Gasteiger partial charge < -0.3 is 4.90 Å². The summed E-state index contributed by atoms with van der Waals surface area (Å²) in [5.74, 6) is 0. The van der Waals surface area contributed by atoms with Gasteiger partial charge in [0.2, 0.25) is 0 Å². The number of nitrogens with zero attached hydrogens (tertiary/aromatic N) is 1. The Morgan fingerprint density at radius 1 is 1.71 bits per heavy atom. The SMILES string of the molecule is CN(C)C([SiH3])=CCl. The van der Waals surface area contributed by atoms with Crippen LogP contribution < -0.4 is 0 Å². The van der Waals surface area contributed by atoms with Crippen LogP contribution in [-0.2, 0) is 0 Å². The summed E-state index contributed by atoms with van der Waals surface area (Å²) in [6.07, 6.45) is 0. The van der Waals surface area contributed by atoms with E-state index in [-0.39, 0.29) is 0 Å². The van der Waals surface area contributed by atoms with Crippen molar-refractivity contribution in [3.63, 3.8) is 0 Å². The van der Waals surface area contributed by atoms with Gasteiger partial charge in [0.15, 0.2) is 0 Å². The smallest absolute Gasteiger partial charge is 0.0602 e. The zero-order valence-corrected chi connectivity index (χ0v) is 7.66. The quantitative estimate of drug-likeness (QED) is 0.456. The van der Waals surface area contributed by atoms with Gasteiger partial charge in [-0.05, 0) is 5.32 Å². The van der Waals surface area contributed by atoms with Crippen LogP contribution in [0.15, 0.2) is 10.9 Å². The van der Waals surface area contributed by atoms with Crippen LogP contribution in [-0.4, -0.2) is 29.2 Å². The molecule has 7 heavy (non-hydrogen) atoms. The third-order valence-electron chi connectivity index (χ3n) is 0.863. The van der Waals surface area contributed by atoms with Crippen molar-refractivity contribution in [3.8, 4) is 0 Å². The molecule has 0 amide bonds. The summed E-state index contributed by atoms with van der Waals surface area (Å²) in [6.45, 7) is 0. The molecule has 0 aromatic rings. The van der Waals surface area contributed by atoms with Crippen molar-refractivity contribution < 1.29 is 0 Å². The predicted molar refractivity (Wildman–Crippen MR) is 37.6 cm³/mol. The van der Waals surface area contributed by atoms with Crippen LogP contribution in [0, 0.1) is 0 Å². The Bertz CT molecular complexity index is 79.8. The van der Waals surface area contributed by atoms with E-state index in [4.69, 9.17) is 11.6 Å². The fraction of sp³-hybridized carbons (Fsp3) is 0.500. The molecule has 0 aliphatic rings. The lowest BCUT2D eigenvalue weighted by molar-refractivity contribution is 0.548. The summed E-state index contributed by atoms with van der Waals surface area (Å²) in [7, 11) is 5.00. The van der Waals surface area contributed by atoms with Gasteiger partial charge in [-0.2, -0.15) is 0 Å². The molecule has 3 heteroatoms. The topological polar surface area (TPSA) is 3.24 Å². The maximum atomic E-state index is 5.38. The van der Waals surface area contributed by atoms with Crippen molar-refractivity contribution in [1.29, 1.82) is 0 Å². The second kappa shape index (κ2) is 3.10. The average molecular weight is 136 g/mol. The summed E-state index contributed by atoms with van der Waals surface area (Å²) >= 11 is 5.38. The molecule has 0 rings (SSSR count). The molecule has 0 radical (unpaired) electrons. The van der Waals surface area contributed by atoms with Gasteiger partial charge in [0.1, 0.15) is 0 Å². The van der Waals surface area contributed by atoms with Gasteiger partial charge in [-0.15, -0.1) is 0 Å². The van der Waals surface area contributed by atoms with E-state index < -0.39 is 0 Å². The van der Waals surface area contributed by atoms with Gasteiger partial charge in [-0.1, -0.05) is 11.6 Å². The van der Waals surface area contributed by atoms with Gasteiger partial charge in [-0.25, -0.2) is 0 Å². The summed E-state index contributed by atoms with van der Waals surface area (Å²) in [4.78, 5) is 2.01. The molecule has 0 spiro atoms. The number of halogens is 1. The maximum absolute atomic E-state index is 5.38. The number of hydrogen-bond acceptors (Lipinski definition) is 1. The fourth-order valence-electron chi connectivity index (χ4n) is 0.0976. The molecule has 0 saturated carbocycles. The second-order valence-corrected chi connectivity index (χ2v) is 2.89. The summed E-state index contributed by atoms with van der Waals surface area (Å²) in [6, 6.07) is 0. The van der Waals surface area contributed by atoms with Gasteiger partial charge in [0.05, 0.1) is 10.2 Å². The maximum Gasteiger partial charge on any atom is 0.0602 e. The highest BCUT2D eigenvalue weighted by Crippen LogP contribution is 1.91. The Morgan fingerprint density at radius 3 is 2.14 bits per heavy atom. The van der Waals surface area contributed by atoms with E-state index in [1.807, 2.05) is 19.0 Å². The third kappa shape index (κ3) is 2.71. The van der Waals surface area contributed by atoms with E-state index in [0.717, 1.165) is 10.2 Å². The minimum Gasteiger partial charge on any atom is -0.385 e. The minimum absolute atomic E-state index is 1.03. The van der Waals surface area contributed by atoms with Crippen LogP contribution >= 0.6 is 11.6 Å². The van der Waals surface area contributed by atoms with Crippen molar-refractivity contribution in [1.82, 2.24) is 4.90 Å². The Kier molecular flexibility index (Phi) is 3.12. The molecule has 1 nitrogen and oxygen atoms in total. The lowest BCUT2D eigenvalue weighted by Crippen LogP contribution is -2.09. The molecular formula is C4H10ClNSi. The Balaban J connectivity index is 3.56. The number of hydrogen-bond donors (Lipinski definition) is 0. The predicted octanol–water partition coefficient (Wildman–Crippen LogP) is -0.0489. The van der Waals surface area contributed by atoms with Crippen LogP contribution in [0.1, 0.15) is 0 Å². The molecule has 0 unspecified atom stereocenters. The highest BCUT2D eigenvalue weighted by atomic mass is 35.5. The van der Waals surface area contributed by atoms with E-state index in [1.165, 1.54) is 5.32 Å². The minimum atomic E-state index is 1.03. The van der Waals surface area contributed by atoms with Crippen molar-refractivity contribution in [3.05, 3.63) is 10.9 Å². The number of rotatable bonds is 1. The summed E-state index contributed by atoms with van der Waals surface area (Å²) in [5.41, 5.74) is 1.62. The van der Waals surface area contributed by atoms with Crippen LogP contribution in [0.5, 0.6) is 0 Å². The first-order chi connectivity index (χ1) is 3.18. The molecule has 0 aliphatic heterocycles. The van der Waals surface area contributed by atoms with Crippen LogP contribution in [0.4, 0.5) is 0 Å². The van der Waals surface area contributed by atoms with Gasteiger partial charge in [-0.3, -0.25) is 0 Å². The van der Waals surface area contributed by atoms with E-state index in [1.54, 1.807) is 5.54 Å². The molecular weight excluding hydrogens is 126 g/mol. The molecule has 0 atom stereocenters. The largest absolute Gasteiger partial charge is 0.385 e. The van der Waals surface area contributed by atoms with Crippen molar-refractivity contribution in [2.75, 3.05) is 14.1 Å². The normalized spacial score (nSPS) is 12.1. The lowest BCUT2D eigenvalue weighted by atomic mass is 10.8. The van der Waals surface area contributed by atoms with Gasteiger partial charge in [0, 0.05) is 19.6 Å². The molecule has 0 bridgehead atoms. The van der Waals surface area contributed by atoms with Crippen molar-refractivity contribution in [2.24, 2.45) is 0 Å². The third-order valence-corrected chi connectivity index (χ3v) is 2.73. The van der Waals surface area contributed by atoms with E-state index in [0.29, 0.717) is 0 Å². The Morgan fingerprint density at radius 2 is 2.14 bits per heavy atom. The first-order valence-corrected chi connectivity index (χ1v) is 3.56. The van der Waals surface area contributed by atoms with Gasteiger partial charge >= 0.3 is 0 Å². The van der Waals surface area contributed by atoms with E-state index in [9.17, 15) is 0 Å². The highest BCUT2D eigenvalue weighted by Gasteiger charge is 1.84. The molecule has 0 aromatic carbocycles. The zero-order chi connectivity index (χ0) is 5.86. The first-order valence-electron chi connectivity index (χ1n) is 2.12. The Hall–Kier alpha value is 0.0469. The molecule has 0 N–H and O–H groups in total. The molecule has 0 aromatic heterocycles. The molecule has 42 valence electrons. The summed E-state index contributed by atoms with van der Waals surface area (Å²) < 4.78 is 0. The van der Waals surface area contributed by atoms with E-state index >= 15 is 0 Å². The monoisotopic (exact) mass is 135 g/mol.